The highest BCUT2D eigenvalue weighted by Crippen LogP contribution is 2.31. The van der Waals surface area contributed by atoms with Crippen LogP contribution >= 0.6 is 0 Å². The summed E-state index contributed by atoms with van der Waals surface area (Å²) in [5.74, 6) is 1.10. The number of methoxy groups -OCH3 is 1. The van der Waals surface area contributed by atoms with Crippen LogP contribution in [-0.4, -0.2) is 32.7 Å². The van der Waals surface area contributed by atoms with Crippen molar-refractivity contribution in [2.24, 2.45) is 5.73 Å². The van der Waals surface area contributed by atoms with E-state index in [2.05, 4.69) is 12.2 Å². The van der Waals surface area contributed by atoms with Gasteiger partial charge < -0.3 is 20.5 Å². The lowest BCUT2D eigenvalue weighted by Crippen LogP contribution is -2.29. The maximum absolute atomic E-state index is 11.7. The Bertz CT molecular complexity index is 422. The number of ether oxygens (including phenoxy) is 2. The first-order valence-corrected chi connectivity index (χ1v) is 6.98. The average molecular weight is 280 g/mol. The predicted octanol–water partition coefficient (Wildman–Crippen LogP) is 1.49. The van der Waals surface area contributed by atoms with Crippen LogP contribution in [0.3, 0.4) is 0 Å². The molecule has 0 unspecified atom stereocenters. The Hall–Kier alpha value is -1.75. The quantitative estimate of drug-likeness (QED) is 0.672. The number of nitrogens with two attached hydrogens (primary N) is 1. The van der Waals surface area contributed by atoms with Gasteiger partial charge in [0.05, 0.1) is 7.11 Å². The summed E-state index contributed by atoms with van der Waals surface area (Å²) in [5.41, 5.74) is 6.53. The number of carbonyl (C=O) groups is 1. The first-order valence-electron chi connectivity index (χ1n) is 6.98. The molecule has 0 atom stereocenters. The lowest BCUT2D eigenvalue weighted by molar-refractivity contribution is -0.123. The second-order valence-corrected chi connectivity index (χ2v) is 4.48. The topological polar surface area (TPSA) is 73.6 Å². The summed E-state index contributed by atoms with van der Waals surface area (Å²) in [6.45, 7) is 3.27. The van der Waals surface area contributed by atoms with Crippen LogP contribution in [0.1, 0.15) is 25.3 Å². The number of nitrogens with one attached hydrogen (secondary N) is 1. The fourth-order valence-corrected chi connectivity index (χ4v) is 1.83. The molecule has 112 valence electrons. The minimum Gasteiger partial charge on any atom is -0.493 e. The minimum atomic E-state index is -0.122. The average Bonchev–Trinajstić information content (AvgIpc) is 2.46. The molecule has 20 heavy (non-hydrogen) atoms. The third kappa shape index (κ3) is 5.09. The molecular formula is C15H24N2O3. The molecule has 1 rings (SSSR count). The Morgan fingerprint density at radius 1 is 1.40 bits per heavy atom. The van der Waals surface area contributed by atoms with Gasteiger partial charge in [0.2, 0.25) is 0 Å². The molecule has 1 aromatic rings. The summed E-state index contributed by atoms with van der Waals surface area (Å²) >= 11 is 0. The molecule has 0 radical (unpaired) electrons. The zero-order valence-corrected chi connectivity index (χ0v) is 12.3. The molecule has 0 saturated carbocycles. The van der Waals surface area contributed by atoms with Crippen LogP contribution in [0.15, 0.2) is 18.2 Å². The van der Waals surface area contributed by atoms with Crippen LogP contribution in [0, 0.1) is 0 Å². The zero-order valence-electron chi connectivity index (χ0n) is 12.3. The van der Waals surface area contributed by atoms with Gasteiger partial charge in [0.15, 0.2) is 18.1 Å². The molecular weight excluding hydrogens is 256 g/mol. The highest BCUT2D eigenvalue weighted by atomic mass is 16.5. The lowest BCUT2D eigenvalue weighted by Gasteiger charge is -2.14. The van der Waals surface area contributed by atoms with Gasteiger partial charge in [-0.3, -0.25) is 4.79 Å². The van der Waals surface area contributed by atoms with Gasteiger partial charge in [-0.2, -0.15) is 0 Å². The van der Waals surface area contributed by atoms with Crippen molar-refractivity contribution in [3.05, 3.63) is 23.8 Å². The molecule has 1 aromatic carbocycles. The van der Waals surface area contributed by atoms with Gasteiger partial charge in [0.1, 0.15) is 0 Å². The summed E-state index contributed by atoms with van der Waals surface area (Å²) in [5, 5.41) is 2.81. The van der Waals surface area contributed by atoms with Crippen molar-refractivity contribution in [3.8, 4) is 11.5 Å². The third-order valence-corrected chi connectivity index (χ3v) is 2.89. The molecule has 0 aliphatic carbocycles. The number of rotatable bonds is 9. The van der Waals surface area contributed by atoms with Gasteiger partial charge in [-0.05, 0) is 31.0 Å². The van der Waals surface area contributed by atoms with Gasteiger partial charge in [0.25, 0.3) is 5.91 Å². The van der Waals surface area contributed by atoms with Gasteiger partial charge >= 0.3 is 0 Å². The summed E-state index contributed by atoms with van der Waals surface area (Å²) < 4.78 is 10.9. The molecule has 5 nitrogen and oxygen atoms in total. The lowest BCUT2D eigenvalue weighted by atomic mass is 10.1. The minimum absolute atomic E-state index is 0.0122. The van der Waals surface area contributed by atoms with E-state index in [1.165, 1.54) is 0 Å². The van der Waals surface area contributed by atoms with Crippen LogP contribution in [0.25, 0.3) is 0 Å². The molecule has 1 amide bonds. The number of hydrogen-bond donors (Lipinski definition) is 2. The molecule has 0 spiro atoms. The van der Waals surface area contributed by atoms with E-state index in [1.807, 2.05) is 18.2 Å². The van der Waals surface area contributed by atoms with Gasteiger partial charge in [0, 0.05) is 6.54 Å². The molecule has 0 aliphatic rings. The fourth-order valence-electron chi connectivity index (χ4n) is 1.83. The van der Waals surface area contributed by atoms with E-state index < -0.39 is 0 Å². The van der Waals surface area contributed by atoms with E-state index in [0.717, 1.165) is 18.4 Å². The molecule has 0 saturated heterocycles. The largest absolute Gasteiger partial charge is 0.493 e. The monoisotopic (exact) mass is 280 g/mol. The third-order valence-electron chi connectivity index (χ3n) is 2.89. The Balaban J connectivity index is 2.63. The van der Waals surface area contributed by atoms with Crippen molar-refractivity contribution >= 4 is 5.91 Å². The smallest absolute Gasteiger partial charge is 0.257 e. The van der Waals surface area contributed by atoms with E-state index in [9.17, 15) is 4.79 Å². The second-order valence-electron chi connectivity index (χ2n) is 4.48. The number of para-hydroxylation sites is 1. The Morgan fingerprint density at radius 3 is 2.85 bits per heavy atom. The summed E-state index contributed by atoms with van der Waals surface area (Å²) in [6, 6.07) is 5.63. The maximum atomic E-state index is 11.7. The molecule has 3 N–H and O–H groups in total. The number of amides is 1. The highest BCUT2D eigenvalue weighted by molar-refractivity contribution is 5.77. The Kier molecular flexibility index (Phi) is 7.50. The van der Waals surface area contributed by atoms with Crippen LogP contribution in [0.4, 0.5) is 0 Å². The van der Waals surface area contributed by atoms with Crippen molar-refractivity contribution in [1.29, 1.82) is 0 Å². The summed E-state index contributed by atoms with van der Waals surface area (Å²) in [6.07, 6.45) is 2.71. The normalized spacial score (nSPS) is 10.2. The van der Waals surface area contributed by atoms with Crippen molar-refractivity contribution in [2.45, 2.75) is 26.2 Å². The molecule has 5 heteroatoms. The van der Waals surface area contributed by atoms with Crippen LogP contribution < -0.4 is 20.5 Å². The number of unbranched alkanes of at least 4 members (excludes halogenated alkanes) is 1. The van der Waals surface area contributed by atoms with Crippen LogP contribution in [0.5, 0.6) is 11.5 Å². The van der Waals surface area contributed by atoms with E-state index in [-0.39, 0.29) is 12.5 Å². The number of hydrogen-bond acceptors (Lipinski definition) is 4. The van der Waals surface area contributed by atoms with Crippen molar-refractivity contribution in [1.82, 2.24) is 5.32 Å². The van der Waals surface area contributed by atoms with Crippen LogP contribution in [0.2, 0.25) is 0 Å². The van der Waals surface area contributed by atoms with E-state index >= 15 is 0 Å². The standard InChI is InChI=1S/C15H24N2O3/c1-3-4-10-17-14(18)11-20-15-12(8-9-16)6-5-7-13(15)19-2/h5-7H,3-4,8-11,16H2,1-2H3,(H,17,18). The second kappa shape index (κ2) is 9.20. The van der Waals surface area contributed by atoms with Crippen molar-refractivity contribution in [2.75, 3.05) is 26.8 Å². The first kappa shape index (κ1) is 16.3. The van der Waals surface area contributed by atoms with Crippen molar-refractivity contribution < 1.29 is 14.3 Å². The first-order chi connectivity index (χ1) is 9.72. The van der Waals surface area contributed by atoms with Crippen molar-refractivity contribution in [3.63, 3.8) is 0 Å². The maximum Gasteiger partial charge on any atom is 0.257 e. The molecule has 0 aromatic heterocycles. The SMILES string of the molecule is CCCCNC(=O)COc1c(CCN)cccc1OC. The molecule has 0 fully saturated rings. The van der Waals surface area contributed by atoms with E-state index in [0.29, 0.717) is 31.0 Å². The van der Waals surface area contributed by atoms with E-state index in [4.69, 9.17) is 15.2 Å². The molecule has 0 bridgehead atoms. The Labute approximate surface area is 120 Å². The molecule has 0 aliphatic heterocycles. The number of carbonyl (C=O) groups excluding carboxylic acids is 1. The van der Waals surface area contributed by atoms with Gasteiger partial charge in [-0.25, -0.2) is 0 Å². The zero-order chi connectivity index (χ0) is 14.8. The summed E-state index contributed by atoms with van der Waals surface area (Å²) in [4.78, 5) is 11.7. The summed E-state index contributed by atoms with van der Waals surface area (Å²) in [7, 11) is 1.58. The Morgan fingerprint density at radius 2 is 2.20 bits per heavy atom. The van der Waals surface area contributed by atoms with Gasteiger partial charge in [-0.15, -0.1) is 0 Å². The highest BCUT2D eigenvalue weighted by Gasteiger charge is 2.11. The fraction of sp³-hybridized carbons (Fsp3) is 0.533. The molecule has 0 heterocycles. The van der Waals surface area contributed by atoms with Gasteiger partial charge in [-0.1, -0.05) is 25.5 Å². The van der Waals surface area contributed by atoms with Crippen LogP contribution in [-0.2, 0) is 11.2 Å². The predicted molar refractivity (Wildman–Crippen MR) is 79.2 cm³/mol. The number of benzene rings is 1. The van der Waals surface area contributed by atoms with E-state index in [1.54, 1.807) is 7.11 Å².